The van der Waals surface area contributed by atoms with Crippen LogP contribution in [0.4, 0.5) is 0 Å². The Hall–Kier alpha value is -0.920. The van der Waals surface area contributed by atoms with Crippen molar-refractivity contribution >= 4 is 11.9 Å². The maximum atomic E-state index is 7.26. The van der Waals surface area contributed by atoms with Crippen molar-refractivity contribution in [3.8, 4) is 0 Å². The Morgan fingerprint density at radius 2 is 2.00 bits per heavy atom. The van der Waals surface area contributed by atoms with E-state index < -0.39 is 0 Å². The van der Waals surface area contributed by atoms with E-state index in [0.717, 1.165) is 0 Å². The molecule has 50 valence electrons. The largest absolute Gasteiger partial charge is 0.309 e. The van der Waals surface area contributed by atoms with Gasteiger partial charge in [0.15, 0.2) is 0 Å². The highest BCUT2D eigenvalue weighted by molar-refractivity contribution is 5.96. The second-order valence-corrected chi connectivity index (χ2v) is 2.14. The number of hydrogen-bond donors (Lipinski definition) is 2. The lowest BCUT2D eigenvalue weighted by atomic mass is 10.1. The number of allylic oxidation sites excluding steroid dienone is 2. The fourth-order valence-electron chi connectivity index (χ4n) is 0.344. The van der Waals surface area contributed by atoms with Crippen molar-refractivity contribution in [3.05, 3.63) is 12.2 Å². The molecule has 0 unspecified atom stereocenters. The summed E-state index contributed by atoms with van der Waals surface area (Å²) >= 11 is 0. The van der Waals surface area contributed by atoms with E-state index in [4.69, 9.17) is 10.8 Å². The smallest absolute Gasteiger partial charge is 0.0339 e. The summed E-state index contributed by atoms with van der Waals surface area (Å²) in [7, 11) is 0. The number of nitrogens with one attached hydrogen (secondary N) is 2. The van der Waals surface area contributed by atoms with Gasteiger partial charge < -0.3 is 10.8 Å². The lowest BCUT2D eigenvalue weighted by Gasteiger charge is -1.98. The third kappa shape index (κ3) is 3.64. The van der Waals surface area contributed by atoms with Crippen LogP contribution in [-0.2, 0) is 0 Å². The molecule has 0 saturated carbocycles. The highest BCUT2D eigenvalue weighted by Gasteiger charge is 1.94. The lowest BCUT2D eigenvalue weighted by molar-refractivity contribution is 0.882. The first-order chi connectivity index (χ1) is 4.18. The third-order valence-electron chi connectivity index (χ3n) is 0.994. The van der Waals surface area contributed by atoms with Gasteiger partial charge in [0.1, 0.15) is 0 Å². The summed E-state index contributed by atoms with van der Waals surface area (Å²) in [5.41, 5.74) is 0.568. The molecule has 0 aromatic heterocycles. The Balaban J connectivity index is 3.76. The summed E-state index contributed by atoms with van der Waals surface area (Å²) in [4.78, 5) is 0. The highest BCUT2D eigenvalue weighted by Crippen LogP contribution is 1.94. The predicted molar refractivity (Wildman–Crippen MR) is 40.5 cm³/mol. The molecule has 0 bridgehead atoms. The van der Waals surface area contributed by atoms with Crippen molar-refractivity contribution in [1.29, 1.82) is 10.8 Å². The second-order valence-electron chi connectivity index (χ2n) is 2.14. The Labute approximate surface area is 55.6 Å². The summed E-state index contributed by atoms with van der Waals surface area (Å²) in [5.74, 6) is 0.265. The van der Waals surface area contributed by atoms with Crippen molar-refractivity contribution in [2.24, 2.45) is 5.92 Å². The molecule has 2 heteroatoms. The second kappa shape index (κ2) is 4.01. The molecule has 0 rings (SSSR count). The van der Waals surface area contributed by atoms with Gasteiger partial charge in [-0.1, -0.05) is 13.8 Å². The minimum Gasteiger partial charge on any atom is -0.309 e. The first-order valence-corrected chi connectivity index (χ1v) is 2.94. The van der Waals surface area contributed by atoms with Crippen molar-refractivity contribution in [2.45, 2.75) is 13.8 Å². The van der Waals surface area contributed by atoms with E-state index in [1.54, 1.807) is 12.2 Å². The normalized spacial score (nSPS) is 10.6. The zero-order chi connectivity index (χ0) is 7.28. The maximum absolute atomic E-state index is 7.26. The van der Waals surface area contributed by atoms with Gasteiger partial charge in [-0.05, 0) is 18.1 Å². The molecular weight excluding hydrogens is 112 g/mol. The molecule has 0 aromatic rings. The summed E-state index contributed by atoms with van der Waals surface area (Å²) < 4.78 is 0. The molecule has 0 aliphatic carbocycles. The molecule has 0 fully saturated rings. The SMILES string of the molecule is CC(C)C(=N)/C=C\C=N. The summed E-state index contributed by atoms with van der Waals surface area (Å²) in [6, 6.07) is 0. The van der Waals surface area contributed by atoms with Gasteiger partial charge in [0.2, 0.25) is 0 Å². The van der Waals surface area contributed by atoms with E-state index in [9.17, 15) is 0 Å². The summed E-state index contributed by atoms with van der Waals surface area (Å²) in [6.07, 6.45) is 4.37. The van der Waals surface area contributed by atoms with Gasteiger partial charge in [0.05, 0.1) is 0 Å². The maximum Gasteiger partial charge on any atom is 0.0339 e. The van der Waals surface area contributed by atoms with Crippen LogP contribution in [0.5, 0.6) is 0 Å². The van der Waals surface area contributed by atoms with Gasteiger partial charge in [0, 0.05) is 11.9 Å². The Morgan fingerprint density at radius 3 is 2.33 bits per heavy atom. The molecule has 0 heterocycles. The Bertz CT molecular complexity index is 134. The highest BCUT2D eigenvalue weighted by atomic mass is 14.4. The van der Waals surface area contributed by atoms with Gasteiger partial charge in [-0.3, -0.25) is 0 Å². The monoisotopic (exact) mass is 124 g/mol. The van der Waals surface area contributed by atoms with Crippen molar-refractivity contribution in [2.75, 3.05) is 0 Å². The lowest BCUT2D eigenvalue weighted by Crippen LogP contribution is -2.00. The quantitative estimate of drug-likeness (QED) is 0.539. The first kappa shape index (κ1) is 8.08. The fraction of sp³-hybridized carbons (Fsp3) is 0.429. The van der Waals surface area contributed by atoms with E-state index in [-0.39, 0.29) is 5.92 Å². The molecule has 0 aliphatic heterocycles. The van der Waals surface area contributed by atoms with E-state index in [1.165, 1.54) is 6.21 Å². The van der Waals surface area contributed by atoms with Crippen molar-refractivity contribution in [1.82, 2.24) is 0 Å². The van der Waals surface area contributed by atoms with Crippen LogP contribution < -0.4 is 0 Å². The van der Waals surface area contributed by atoms with Crippen LogP contribution in [-0.4, -0.2) is 11.9 Å². The number of hydrogen-bond acceptors (Lipinski definition) is 2. The molecule has 2 N–H and O–H groups in total. The third-order valence-corrected chi connectivity index (χ3v) is 0.994. The molecule has 2 nitrogen and oxygen atoms in total. The summed E-state index contributed by atoms with van der Waals surface area (Å²) in [6.45, 7) is 3.91. The van der Waals surface area contributed by atoms with Crippen LogP contribution in [0.2, 0.25) is 0 Å². The average Bonchev–Trinajstić information content (AvgIpc) is 1.82. The molecule has 0 spiro atoms. The molecule has 0 aromatic carbocycles. The van der Waals surface area contributed by atoms with Gasteiger partial charge in [-0.15, -0.1) is 0 Å². The molecule has 9 heavy (non-hydrogen) atoms. The zero-order valence-electron chi connectivity index (χ0n) is 5.81. The Morgan fingerprint density at radius 1 is 1.44 bits per heavy atom. The van der Waals surface area contributed by atoms with Gasteiger partial charge >= 0.3 is 0 Å². The Kier molecular flexibility index (Phi) is 3.60. The molecule has 0 amide bonds. The van der Waals surface area contributed by atoms with Crippen molar-refractivity contribution in [3.63, 3.8) is 0 Å². The minimum absolute atomic E-state index is 0.265. The van der Waals surface area contributed by atoms with Crippen molar-refractivity contribution < 1.29 is 0 Å². The summed E-state index contributed by atoms with van der Waals surface area (Å²) in [5, 5.41) is 13.9. The van der Waals surface area contributed by atoms with Crippen LogP contribution in [0.3, 0.4) is 0 Å². The van der Waals surface area contributed by atoms with Gasteiger partial charge in [-0.2, -0.15) is 0 Å². The molecule has 0 saturated heterocycles. The minimum atomic E-state index is 0.265. The van der Waals surface area contributed by atoms with Crippen LogP contribution >= 0.6 is 0 Å². The van der Waals surface area contributed by atoms with Crippen LogP contribution in [0, 0.1) is 16.7 Å². The molecule has 0 radical (unpaired) electrons. The van der Waals surface area contributed by atoms with Crippen LogP contribution in [0.25, 0.3) is 0 Å². The molecule has 0 aliphatic rings. The van der Waals surface area contributed by atoms with E-state index in [2.05, 4.69) is 0 Å². The van der Waals surface area contributed by atoms with E-state index >= 15 is 0 Å². The molecular formula is C7H12N2. The number of rotatable bonds is 3. The van der Waals surface area contributed by atoms with E-state index in [1.807, 2.05) is 13.8 Å². The zero-order valence-corrected chi connectivity index (χ0v) is 5.81. The van der Waals surface area contributed by atoms with Gasteiger partial charge in [0.25, 0.3) is 0 Å². The predicted octanol–water partition coefficient (Wildman–Crippen LogP) is 1.87. The fourth-order valence-corrected chi connectivity index (χ4v) is 0.344. The standard InChI is InChI=1S/C7H12N2/c1-6(2)7(9)4-3-5-8/h3-6,8-9H,1-2H3/b4-3-,8-5?,9-7?. The first-order valence-electron chi connectivity index (χ1n) is 2.94. The van der Waals surface area contributed by atoms with Crippen LogP contribution in [0.1, 0.15) is 13.8 Å². The topological polar surface area (TPSA) is 47.7 Å². The van der Waals surface area contributed by atoms with E-state index in [0.29, 0.717) is 5.71 Å². The average molecular weight is 124 g/mol. The van der Waals surface area contributed by atoms with Crippen LogP contribution in [0.15, 0.2) is 12.2 Å². The van der Waals surface area contributed by atoms with Gasteiger partial charge in [-0.25, -0.2) is 0 Å². The molecule has 0 atom stereocenters.